The number of rotatable bonds is 2. The van der Waals surface area contributed by atoms with E-state index >= 15 is 0 Å². The lowest BCUT2D eigenvalue weighted by molar-refractivity contribution is 0.374. The number of benzene rings is 1. The standard InChI is InChI=1S/C12H15BrFNO2/c13-11-8(5-7-3-1-2-4-15-7)12(17)10(16)6-9(11)14/h6-7,15-17H,1-5H2. The van der Waals surface area contributed by atoms with Crippen molar-refractivity contribution in [2.45, 2.75) is 31.7 Å². The van der Waals surface area contributed by atoms with Crippen LogP contribution >= 0.6 is 15.9 Å². The van der Waals surface area contributed by atoms with Crippen LogP contribution in [0, 0.1) is 5.82 Å². The zero-order valence-corrected chi connectivity index (χ0v) is 10.9. The van der Waals surface area contributed by atoms with Crippen LogP contribution in [0.1, 0.15) is 24.8 Å². The van der Waals surface area contributed by atoms with Crippen LogP contribution in [0.4, 0.5) is 4.39 Å². The quantitative estimate of drug-likeness (QED) is 0.736. The van der Waals surface area contributed by atoms with Crippen molar-refractivity contribution in [2.75, 3.05) is 6.54 Å². The highest BCUT2D eigenvalue weighted by Gasteiger charge is 2.20. The van der Waals surface area contributed by atoms with Crippen LogP contribution in [0.15, 0.2) is 10.5 Å². The van der Waals surface area contributed by atoms with Gasteiger partial charge in [0.15, 0.2) is 11.5 Å². The summed E-state index contributed by atoms with van der Waals surface area (Å²) in [5.74, 6) is -1.19. The molecule has 17 heavy (non-hydrogen) atoms. The van der Waals surface area contributed by atoms with Crippen LogP contribution in [0.3, 0.4) is 0 Å². The van der Waals surface area contributed by atoms with Gasteiger partial charge in [-0.1, -0.05) is 6.42 Å². The topological polar surface area (TPSA) is 52.5 Å². The van der Waals surface area contributed by atoms with E-state index in [1.807, 2.05) is 0 Å². The minimum Gasteiger partial charge on any atom is -0.504 e. The summed E-state index contributed by atoms with van der Waals surface area (Å²) >= 11 is 3.12. The second-order valence-corrected chi connectivity index (χ2v) is 5.16. The number of hydrogen-bond donors (Lipinski definition) is 3. The average Bonchev–Trinajstić information content (AvgIpc) is 2.33. The molecule has 1 aromatic rings. The SMILES string of the molecule is Oc1cc(F)c(Br)c(CC2CCCCN2)c1O. The van der Waals surface area contributed by atoms with E-state index < -0.39 is 11.6 Å². The number of nitrogens with one attached hydrogen (secondary N) is 1. The molecule has 1 aromatic carbocycles. The van der Waals surface area contributed by atoms with Crippen molar-refractivity contribution in [2.24, 2.45) is 0 Å². The molecule has 1 atom stereocenters. The molecule has 0 saturated carbocycles. The monoisotopic (exact) mass is 303 g/mol. The van der Waals surface area contributed by atoms with E-state index in [4.69, 9.17) is 0 Å². The zero-order chi connectivity index (χ0) is 12.4. The maximum atomic E-state index is 13.4. The molecule has 2 rings (SSSR count). The molecule has 1 unspecified atom stereocenters. The molecule has 3 nitrogen and oxygen atoms in total. The third-order valence-electron chi connectivity index (χ3n) is 3.13. The first kappa shape index (κ1) is 12.6. The molecule has 0 aromatic heterocycles. The lowest BCUT2D eigenvalue weighted by Gasteiger charge is -2.24. The van der Waals surface area contributed by atoms with Gasteiger partial charge < -0.3 is 15.5 Å². The molecule has 0 amide bonds. The second kappa shape index (κ2) is 5.23. The molecule has 5 heteroatoms. The van der Waals surface area contributed by atoms with Gasteiger partial charge in [-0.15, -0.1) is 0 Å². The fourth-order valence-electron chi connectivity index (χ4n) is 2.19. The van der Waals surface area contributed by atoms with E-state index in [2.05, 4.69) is 21.2 Å². The highest BCUT2D eigenvalue weighted by Crippen LogP contribution is 2.37. The Morgan fingerprint density at radius 2 is 2.18 bits per heavy atom. The van der Waals surface area contributed by atoms with Gasteiger partial charge >= 0.3 is 0 Å². The van der Waals surface area contributed by atoms with Gasteiger partial charge in [-0.05, 0) is 41.7 Å². The molecule has 1 aliphatic heterocycles. The third kappa shape index (κ3) is 2.72. The number of phenolic OH excluding ortho intramolecular Hbond substituents is 2. The molecule has 0 radical (unpaired) electrons. The molecule has 3 N–H and O–H groups in total. The Morgan fingerprint density at radius 3 is 2.82 bits per heavy atom. The maximum Gasteiger partial charge on any atom is 0.162 e. The van der Waals surface area contributed by atoms with E-state index in [0.717, 1.165) is 31.9 Å². The number of phenols is 2. The molecule has 1 heterocycles. The van der Waals surface area contributed by atoms with Gasteiger partial charge in [-0.3, -0.25) is 0 Å². The predicted octanol–water partition coefficient (Wildman–Crippen LogP) is 2.68. The Morgan fingerprint density at radius 1 is 1.41 bits per heavy atom. The fraction of sp³-hybridized carbons (Fsp3) is 0.500. The van der Waals surface area contributed by atoms with Crippen molar-refractivity contribution in [1.29, 1.82) is 0 Å². The smallest absolute Gasteiger partial charge is 0.162 e. The summed E-state index contributed by atoms with van der Waals surface area (Å²) in [4.78, 5) is 0. The minimum atomic E-state index is -0.550. The number of aromatic hydroxyl groups is 2. The van der Waals surface area contributed by atoms with Crippen LogP contribution in [-0.2, 0) is 6.42 Å². The summed E-state index contributed by atoms with van der Waals surface area (Å²) < 4.78 is 13.7. The summed E-state index contributed by atoms with van der Waals surface area (Å²) in [6.45, 7) is 0.949. The first-order chi connectivity index (χ1) is 8.09. The second-order valence-electron chi connectivity index (χ2n) is 4.37. The van der Waals surface area contributed by atoms with Crippen LogP contribution in [-0.4, -0.2) is 22.8 Å². The first-order valence-electron chi connectivity index (χ1n) is 5.71. The van der Waals surface area contributed by atoms with Crippen LogP contribution in [0.5, 0.6) is 11.5 Å². The van der Waals surface area contributed by atoms with Gasteiger partial charge in [-0.25, -0.2) is 4.39 Å². The molecule has 0 aliphatic carbocycles. The molecule has 0 spiro atoms. The van der Waals surface area contributed by atoms with E-state index in [9.17, 15) is 14.6 Å². The first-order valence-corrected chi connectivity index (χ1v) is 6.51. The van der Waals surface area contributed by atoms with Gasteiger partial charge in [0.25, 0.3) is 0 Å². The van der Waals surface area contributed by atoms with Crippen LogP contribution in [0.25, 0.3) is 0 Å². The Balaban J connectivity index is 2.24. The normalized spacial score (nSPS) is 20.5. The van der Waals surface area contributed by atoms with Gasteiger partial charge in [0.1, 0.15) is 5.82 Å². The van der Waals surface area contributed by atoms with Crippen molar-refractivity contribution in [3.8, 4) is 11.5 Å². The number of hydrogen-bond acceptors (Lipinski definition) is 3. The Hall–Kier alpha value is -0.810. The van der Waals surface area contributed by atoms with E-state index in [1.54, 1.807) is 0 Å². The molecule has 1 fully saturated rings. The van der Waals surface area contributed by atoms with Crippen molar-refractivity contribution in [1.82, 2.24) is 5.32 Å². The van der Waals surface area contributed by atoms with Gasteiger partial charge in [0, 0.05) is 17.7 Å². The Labute approximate surface area is 108 Å². The van der Waals surface area contributed by atoms with E-state index in [-0.39, 0.29) is 16.3 Å². The Kier molecular flexibility index (Phi) is 3.89. The molecule has 1 aliphatic rings. The molecule has 0 bridgehead atoms. The van der Waals surface area contributed by atoms with Crippen molar-refractivity contribution in [3.05, 3.63) is 21.9 Å². The Bertz CT molecular complexity index is 393. The summed E-state index contributed by atoms with van der Waals surface area (Å²) in [5, 5.41) is 22.5. The summed E-state index contributed by atoms with van der Waals surface area (Å²) in [5.41, 5.74) is 0.432. The highest BCUT2D eigenvalue weighted by atomic mass is 79.9. The molecule has 1 saturated heterocycles. The molecule has 94 valence electrons. The van der Waals surface area contributed by atoms with Gasteiger partial charge in [0.2, 0.25) is 0 Å². The van der Waals surface area contributed by atoms with Crippen molar-refractivity contribution >= 4 is 15.9 Å². The lowest BCUT2D eigenvalue weighted by Crippen LogP contribution is -2.35. The number of piperidine rings is 1. The average molecular weight is 304 g/mol. The van der Waals surface area contributed by atoms with E-state index in [0.29, 0.717) is 12.0 Å². The van der Waals surface area contributed by atoms with Crippen LogP contribution in [0.2, 0.25) is 0 Å². The minimum absolute atomic E-state index is 0.229. The highest BCUT2D eigenvalue weighted by molar-refractivity contribution is 9.10. The maximum absolute atomic E-state index is 13.4. The molecular formula is C12H15BrFNO2. The largest absolute Gasteiger partial charge is 0.504 e. The third-order valence-corrected chi connectivity index (χ3v) is 3.99. The fourth-order valence-corrected chi connectivity index (χ4v) is 2.65. The summed E-state index contributed by atoms with van der Waals surface area (Å²) in [7, 11) is 0. The van der Waals surface area contributed by atoms with Gasteiger partial charge in [-0.2, -0.15) is 0 Å². The van der Waals surface area contributed by atoms with Crippen LogP contribution < -0.4 is 5.32 Å². The summed E-state index contributed by atoms with van der Waals surface area (Å²) in [6.07, 6.45) is 3.80. The number of halogens is 2. The van der Waals surface area contributed by atoms with Gasteiger partial charge in [0.05, 0.1) is 4.47 Å². The predicted molar refractivity (Wildman–Crippen MR) is 66.8 cm³/mol. The van der Waals surface area contributed by atoms with Crippen molar-refractivity contribution < 1.29 is 14.6 Å². The van der Waals surface area contributed by atoms with Crippen molar-refractivity contribution in [3.63, 3.8) is 0 Å². The lowest BCUT2D eigenvalue weighted by atomic mass is 9.97. The molecular weight excluding hydrogens is 289 g/mol. The summed E-state index contributed by atoms with van der Waals surface area (Å²) in [6, 6.07) is 1.14. The zero-order valence-electron chi connectivity index (χ0n) is 9.34. The van der Waals surface area contributed by atoms with E-state index in [1.165, 1.54) is 0 Å².